The summed E-state index contributed by atoms with van der Waals surface area (Å²) in [6.45, 7) is 7.00. The number of para-hydroxylation sites is 1. The van der Waals surface area contributed by atoms with Crippen molar-refractivity contribution in [1.29, 1.82) is 0 Å². The fraction of sp³-hybridized carbons (Fsp3) is 0.500. The van der Waals surface area contributed by atoms with Crippen LogP contribution in [0.4, 0.5) is 0 Å². The lowest BCUT2D eigenvalue weighted by atomic mass is 10.0. The first-order chi connectivity index (χ1) is 20.7. The van der Waals surface area contributed by atoms with Crippen LogP contribution in [-0.2, 0) is 20.8 Å². The van der Waals surface area contributed by atoms with E-state index in [-0.39, 0.29) is 37.0 Å². The van der Waals surface area contributed by atoms with Crippen molar-refractivity contribution < 1.29 is 23.9 Å². The van der Waals surface area contributed by atoms with Gasteiger partial charge in [0.25, 0.3) is 5.91 Å². The second-order valence-corrected chi connectivity index (χ2v) is 11.3. The highest BCUT2D eigenvalue weighted by molar-refractivity contribution is 6.01. The Labute approximate surface area is 254 Å². The van der Waals surface area contributed by atoms with Crippen LogP contribution in [0, 0.1) is 0 Å². The van der Waals surface area contributed by atoms with Crippen LogP contribution >= 0.6 is 0 Å². The first-order valence-corrected chi connectivity index (χ1v) is 15.1. The Bertz CT molecular complexity index is 1250. The van der Waals surface area contributed by atoms with Crippen molar-refractivity contribution in [3.63, 3.8) is 0 Å². The van der Waals surface area contributed by atoms with Crippen LogP contribution in [0.25, 0.3) is 0 Å². The van der Waals surface area contributed by atoms with Gasteiger partial charge in [-0.1, -0.05) is 42.5 Å². The van der Waals surface area contributed by atoms with Crippen LogP contribution in [0.3, 0.4) is 0 Å². The molecule has 0 aliphatic carbocycles. The number of carbonyl (C=O) groups excluding carboxylic acids is 4. The number of amides is 4. The molecule has 0 aromatic heterocycles. The molecular formula is C32H44N6O5. The van der Waals surface area contributed by atoms with Gasteiger partial charge in [-0.2, -0.15) is 0 Å². The molecule has 0 spiro atoms. The first kappa shape index (κ1) is 32.0. The summed E-state index contributed by atoms with van der Waals surface area (Å²) in [7, 11) is 4.06. The van der Waals surface area contributed by atoms with Crippen molar-refractivity contribution in [2.75, 3.05) is 73.1 Å². The van der Waals surface area contributed by atoms with Crippen LogP contribution < -0.4 is 15.4 Å². The number of ether oxygens (including phenoxy) is 1. The lowest BCUT2D eigenvalue weighted by molar-refractivity contribution is -0.139. The highest BCUT2D eigenvalue weighted by atomic mass is 16.5. The van der Waals surface area contributed by atoms with Gasteiger partial charge in [-0.05, 0) is 38.7 Å². The molecule has 0 saturated carbocycles. The van der Waals surface area contributed by atoms with Crippen molar-refractivity contribution in [2.45, 2.75) is 31.8 Å². The molecule has 0 radical (unpaired) electrons. The quantitative estimate of drug-likeness (QED) is 0.490. The van der Waals surface area contributed by atoms with Crippen molar-refractivity contribution in [3.8, 4) is 5.75 Å². The average molecular weight is 593 g/mol. The molecule has 11 heteroatoms. The summed E-state index contributed by atoms with van der Waals surface area (Å²) >= 11 is 0. The predicted octanol–water partition coefficient (Wildman–Crippen LogP) is 0.849. The van der Waals surface area contributed by atoms with Gasteiger partial charge in [-0.3, -0.25) is 24.1 Å². The number of hydrogen-bond acceptors (Lipinski definition) is 7. The van der Waals surface area contributed by atoms with Gasteiger partial charge in [-0.25, -0.2) is 0 Å². The molecule has 2 aromatic carbocycles. The highest BCUT2D eigenvalue weighted by Crippen LogP contribution is 2.19. The van der Waals surface area contributed by atoms with E-state index in [1.54, 1.807) is 34.1 Å². The maximum atomic E-state index is 13.8. The number of nitrogens with one attached hydrogen (secondary N) is 2. The summed E-state index contributed by atoms with van der Waals surface area (Å²) < 4.78 is 5.98. The summed E-state index contributed by atoms with van der Waals surface area (Å²) in [5.74, 6) is -1.16. The Balaban J connectivity index is 1.58. The van der Waals surface area contributed by atoms with Crippen molar-refractivity contribution in [3.05, 3.63) is 65.7 Å². The van der Waals surface area contributed by atoms with E-state index in [1.807, 2.05) is 51.4 Å². The van der Waals surface area contributed by atoms with Gasteiger partial charge in [0.15, 0.2) is 0 Å². The highest BCUT2D eigenvalue weighted by Gasteiger charge is 2.33. The van der Waals surface area contributed by atoms with E-state index in [1.165, 1.54) is 0 Å². The molecule has 11 nitrogen and oxygen atoms in total. The van der Waals surface area contributed by atoms with Crippen molar-refractivity contribution >= 4 is 23.6 Å². The van der Waals surface area contributed by atoms with Crippen LogP contribution in [0.2, 0.25) is 0 Å². The molecule has 232 valence electrons. The Morgan fingerprint density at radius 1 is 0.930 bits per heavy atom. The number of hydrogen-bond donors (Lipinski definition) is 2. The number of nitrogens with zero attached hydrogens (tertiary/aromatic N) is 4. The largest absolute Gasteiger partial charge is 0.491 e. The van der Waals surface area contributed by atoms with Crippen LogP contribution in [0.1, 0.15) is 29.3 Å². The molecule has 2 heterocycles. The van der Waals surface area contributed by atoms with Crippen molar-refractivity contribution in [2.24, 2.45) is 0 Å². The zero-order chi connectivity index (χ0) is 30.8. The number of benzene rings is 2. The second-order valence-electron chi connectivity index (χ2n) is 11.3. The molecule has 4 amide bonds. The fourth-order valence-electron chi connectivity index (χ4n) is 5.37. The number of piperazine rings is 1. The summed E-state index contributed by atoms with van der Waals surface area (Å²) in [6, 6.07) is 14.3. The van der Waals surface area contributed by atoms with Crippen LogP contribution in [0.15, 0.2) is 54.6 Å². The van der Waals surface area contributed by atoms with E-state index >= 15 is 0 Å². The van der Waals surface area contributed by atoms with Crippen molar-refractivity contribution in [1.82, 2.24) is 30.2 Å². The number of carbonyl (C=O) groups is 4. The Morgan fingerprint density at radius 3 is 2.33 bits per heavy atom. The maximum absolute atomic E-state index is 13.8. The molecule has 0 unspecified atom stereocenters. The van der Waals surface area contributed by atoms with E-state index < -0.39 is 23.9 Å². The number of rotatable bonds is 7. The zero-order valence-electron chi connectivity index (χ0n) is 25.5. The minimum Gasteiger partial charge on any atom is -0.491 e. The molecule has 4 rings (SSSR count). The van der Waals surface area contributed by atoms with Crippen LogP contribution in [-0.4, -0.2) is 128 Å². The molecule has 2 aliphatic heterocycles. The van der Waals surface area contributed by atoms with Gasteiger partial charge in [0.05, 0.1) is 18.5 Å². The Kier molecular flexibility index (Phi) is 11.5. The molecule has 1 fully saturated rings. The maximum Gasteiger partial charge on any atom is 0.255 e. The third kappa shape index (κ3) is 9.01. The van der Waals surface area contributed by atoms with Gasteiger partial charge in [0, 0.05) is 52.2 Å². The normalized spacial score (nSPS) is 21.0. The standard InChI is InChI=1S/C32H44N6O5/c1-4-37-20-21-43-28-13-9-8-12-25(28)30(40)34-27(32(42)38-18-16-36(17-19-38)15-14-35(2)3)23-29(39)33-26(31(37)41)22-24-10-6-5-7-11-24/h5-13,26-27H,4,14-23H2,1-3H3,(H,33,39)(H,34,40)/t26-,27-/m0/s1. The van der Waals surface area contributed by atoms with Gasteiger partial charge in [0.2, 0.25) is 17.7 Å². The summed E-state index contributed by atoms with van der Waals surface area (Å²) in [6.07, 6.45) is 0.00458. The lowest BCUT2D eigenvalue weighted by Gasteiger charge is -2.37. The third-order valence-corrected chi connectivity index (χ3v) is 7.90. The number of fused-ring (bicyclic) bond motifs is 1. The summed E-state index contributed by atoms with van der Waals surface area (Å²) in [4.78, 5) is 62.3. The fourth-order valence-corrected chi connectivity index (χ4v) is 5.37. The van der Waals surface area contributed by atoms with Crippen LogP contribution in [0.5, 0.6) is 5.75 Å². The van der Waals surface area contributed by atoms with Gasteiger partial charge in [-0.15, -0.1) is 0 Å². The molecular weight excluding hydrogens is 548 g/mol. The predicted molar refractivity (Wildman–Crippen MR) is 164 cm³/mol. The van der Waals surface area contributed by atoms with E-state index in [4.69, 9.17) is 4.74 Å². The Hall–Kier alpha value is -3.96. The lowest BCUT2D eigenvalue weighted by Crippen LogP contribution is -2.57. The number of likely N-dealkylation sites (N-methyl/N-ethyl adjacent to an activating group) is 2. The third-order valence-electron chi connectivity index (χ3n) is 7.90. The molecule has 2 atom stereocenters. The molecule has 2 N–H and O–H groups in total. The van der Waals surface area contributed by atoms with E-state index in [0.29, 0.717) is 44.9 Å². The van der Waals surface area contributed by atoms with Gasteiger partial charge in [0.1, 0.15) is 24.4 Å². The minimum absolute atomic E-state index is 0.163. The minimum atomic E-state index is -1.11. The zero-order valence-corrected chi connectivity index (χ0v) is 25.5. The molecule has 43 heavy (non-hydrogen) atoms. The molecule has 2 aliphatic rings. The molecule has 2 aromatic rings. The monoisotopic (exact) mass is 592 g/mol. The van der Waals surface area contributed by atoms with E-state index in [9.17, 15) is 19.2 Å². The Morgan fingerprint density at radius 2 is 1.63 bits per heavy atom. The van der Waals surface area contributed by atoms with E-state index in [0.717, 1.165) is 18.7 Å². The van der Waals surface area contributed by atoms with Gasteiger partial charge < -0.3 is 30.1 Å². The topological polar surface area (TPSA) is 115 Å². The average Bonchev–Trinajstić information content (AvgIpc) is 3.01. The molecule has 1 saturated heterocycles. The smallest absolute Gasteiger partial charge is 0.255 e. The summed E-state index contributed by atoms with van der Waals surface area (Å²) in [5, 5.41) is 5.70. The SMILES string of the molecule is CCN1CCOc2ccccc2C(=O)N[C@H](C(=O)N2CCN(CCN(C)C)CC2)CC(=O)N[C@@H](Cc2ccccc2)C1=O. The molecule has 0 bridgehead atoms. The summed E-state index contributed by atoms with van der Waals surface area (Å²) in [5.41, 5.74) is 1.17. The van der Waals surface area contributed by atoms with Gasteiger partial charge >= 0.3 is 0 Å². The second kappa shape index (κ2) is 15.5. The first-order valence-electron chi connectivity index (χ1n) is 15.1. The van der Waals surface area contributed by atoms with E-state index in [2.05, 4.69) is 20.4 Å².